The van der Waals surface area contributed by atoms with Crippen molar-refractivity contribution in [2.75, 3.05) is 6.54 Å². The molecule has 0 aromatic heterocycles. The molecule has 2 aliphatic heterocycles. The summed E-state index contributed by atoms with van der Waals surface area (Å²) in [6.45, 7) is 3.67. The SMILES string of the molecule is CC1(NCC2CC3CCC2N3)CCCC1. The van der Waals surface area contributed by atoms with Crippen molar-refractivity contribution >= 4 is 0 Å². The quantitative estimate of drug-likeness (QED) is 0.742. The molecule has 3 unspecified atom stereocenters. The maximum absolute atomic E-state index is 3.84. The molecule has 3 aliphatic rings. The van der Waals surface area contributed by atoms with Gasteiger partial charge in [0.1, 0.15) is 0 Å². The average molecular weight is 208 g/mol. The molecule has 0 spiro atoms. The molecule has 3 atom stereocenters. The standard InChI is InChI=1S/C13H24N2/c1-13(6-2-3-7-13)14-9-10-8-11-4-5-12(10)15-11/h10-12,14-15H,2-9H2,1H3. The van der Waals surface area contributed by atoms with Gasteiger partial charge in [0.15, 0.2) is 0 Å². The zero-order valence-corrected chi connectivity index (χ0v) is 9.89. The summed E-state index contributed by atoms with van der Waals surface area (Å²) < 4.78 is 0. The molecule has 2 heteroatoms. The lowest BCUT2D eigenvalue weighted by atomic mass is 9.88. The highest BCUT2D eigenvalue weighted by Gasteiger charge is 2.39. The van der Waals surface area contributed by atoms with Gasteiger partial charge in [-0.15, -0.1) is 0 Å². The number of hydrogen-bond donors (Lipinski definition) is 2. The van der Waals surface area contributed by atoms with E-state index in [0.717, 1.165) is 18.0 Å². The minimum absolute atomic E-state index is 0.474. The molecule has 0 amide bonds. The fourth-order valence-corrected chi connectivity index (χ4v) is 3.87. The second kappa shape index (κ2) is 3.74. The molecule has 3 fully saturated rings. The highest BCUT2D eigenvalue weighted by molar-refractivity contribution is 4.99. The van der Waals surface area contributed by atoms with Crippen LogP contribution in [0.1, 0.15) is 51.9 Å². The summed E-state index contributed by atoms with van der Waals surface area (Å²) in [6.07, 6.45) is 9.92. The summed E-state index contributed by atoms with van der Waals surface area (Å²) in [6, 6.07) is 1.70. The molecule has 2 saturated heterocycles. The third kappa shape index (κ3) is 1.94. The van der Waals surface area contributed by atoms with E-state index in [1.54, 1.807) is 0 Å². The molecular weight excluding hydrogens is 184 g/mol. The molecule has 0 aromatic carbocycles. The third-order valence-electron chi connectivity index (χ3n) is 4.93. The third-order valence-corrected chi connectivity index (χ3v) is 4.93. The van der Waals surface area contributed by atoms with Crippen LogP contribution in [0.4, 0.5) is 0 Å². The summed E-state index contributed by atoms with van der Waals surface area (Å²) in [5, 5.41) is 7.57. The molecule has 1 saturated carbocycles. The lowest BCUT2D eigenvalue weighted by Crippen LogP contribution is -2.44. The van der Waals surface area contributed by atoms with Crippen LogP contribution in [-0.2, 0) is 0 Å². The average Bonchev–Trinajstić information content (AvgIpc) is 2.90. The topological polar surface area (TPSA) is 24.1 Å². The van der Waals surface area contributed by atoms with Crippen LogP contribution in [0.3, 0.4) is 0 Å². The Morgan fingerprint density at radius 3 is 2.67 bits per heavy atom. The van der Waals surface area contributed by atoms with E-state index < -0.39 is 0 Å². The van der Waals surface area contributed by atoms with Crippen LogP contribution in [0, 0.1) is 5.92 Å². The van der Waals surface area contributed by atoms with Crippen LogP contribution in [0.15, 0.2) is 0 Å². The van der Waals surface area contributed by atoms with Crippen LogP contribution in [0.25, 0.3) is 0 Å². The molecule has 2 nitrogen and oxygen atoms in total. The van der Waals surface area contributed by atoms with E-state index in [-0.39, 0.29) is 0 Å². The summed E-state index contributed by atoms with van der Waals surface area (Å²) in [5.41, 5.74) is 0.474. The Labute approximate surface area is 93.2 Å². The zero-order valence-electron chi connectivity index (χ0n) is 9.89. The molecule has 15 heavy (non-hydrogen) atoms. The van der Waals surface area contributed by atoms with Gasteiger partial charge in [-0.3, -0.25) is 0 Å². The minimum atomic E-state index is 0.474. The smallest absolute Gasteiger partial charge is 0.0153 e. The summed E-state index contributed by atoms with van der Waals surface area (Å²) >= 11 is 0. The van der Waals surface area contributed by atoms with E-state index >= 15 is 0 Å². The first-order chi connectivity index (χ1) is 7.25. The van der Waals surface area contributed by atoms with Crippen molar-refractivity contribution < 1.29 is 0 Å². The summed E-state index contributed by atoms with van der Waals surface area (Å²) in [5.74, 6) is 0.918. The highest BCUT2D eigenvalue weighted by Crippen LogP contribution is 2.34. The minimum Gasteiger partial charge on any atom is -0.311 e. The molecule has 0 radical (unpaired) electrons. The van der Waals surface area contributed by atoms with E-state index in [1.807, 2.05) is 0 Å². The lowest BCUT2D eigenvalue weighted by molar-refractivity contribution is 0.302. The van der Waals surface area contributed by atoms with Gasteiger partial charge in [0.05, 0.1) is 0 Å². The van der Waals surface area contributed by atoms with Crippen LogP contribution >= 0.6 is 0 Å². The normalized spacial score (nSPS) is 42.6. The fourth-order valence-electron chi connectivity index (χ4n) is 3.87. The van der Waals surface area contributed by atoms with Crippen LogP contribution in [0.2, 0.25) is 0 Å². The van der Waals surface area contributed by atoms with Gasteiger partial charge in [-0.1, -0.05) is 12.8 Å². The molecule has 2 heterocycles. The predicted octanol–water partition coefficient (Wildman–Crippen LogP) is 2.05. The van der Waals surface area contributed by atoms with Gasteiger partial charge in [-0.25, -0.2) is 0 Å². The van der Waals surface area contributed by atoms with Crippen molar-refractivity contribution in [2.45, 2.75) is 69.5 Å². The summed E-state index contributed by atoms with van der Waals surface area (Å²) in [7, 11) is 0. The molecule has 0 aromatic rings. The maximum atomic E-state index is 3.84. The molecule has 2 N–H and O–H groups in total. The van der Waals surface area contributed by atoms with Crippen LogP contribution < -0.4 is 10.6 Å². The second-order valence-electron chi connectivity index (χ2n) is 6.19. The summed E-state index contributed by atoms with van der Waals surface area (Å²) in [4.78, 5) is 0. The van der Waals surface area contributed by atoms with E-state index in [4.69, 9.17) is 0 Å². The first-order valence-corrected chi connectivity index (χ1v) is 6.76. The number of fused-ring (bicyclic) bond motifs is 2. The van der Waals surface area contributed by atoms with Gasteiger partial charge in [-0.2, -0.15) is 0 Å². The van der Waals surface area contributed by atoms with Crippen molar-refractivity contribution in [1.29, 1.82) is 0 Å². The molecule has 86 valence electrons. The first-order valence-electron chi connectivity index (χ1n) is 6.76. The van der Waals surface area contributed by atoms with Crippen molar-refractivity contribution in [3.8, 4) is 0 Å². The number of nitrogens with one attached hydrogen (secondary N) is 2. The molecule has 3 rings (SSSR count). The van der Waals surface area contributed by atoms with E-state index in [9.17, 15) is 0 Å². The van der Waals surface area contributed by atoms with Crippen LogP contribution in [-0.4, -0.2) is 24.2 Å². The second-order valence-corrected chi connectivity index (χ2v) is 6.19. The van der Waals surface area contributed by atoms with E-state index in [1.165, 1.54) is 51.5 Å². The van der Waals surface area contributed by atoms with E-state index in [0.29, 0.717) is 5.54 Å². The van der Waals surface area contributed by atoms with Crippen molar-refractivity contribution in [3.63, 3.8) is 0 Å². The van der Waals surface area contributed by atoms with Gasteiger partial charge in [0, 0.05) is 24.2 Å². The molecule has 1 aliphatic carbocycles. The lowest BCUT2D eigenvalue weighted by Gasteiger charge is -2.29. The molecule has 2 bridgehead atoms. The predicted molar refractivity (Wildman–Crippen MR) is 62.9 cm³/mol. The Balaban J connectivity index is 1.50. The van der Waals surface area contributed by atoms with Gasteiger partial charge in [0.2, 0.25) is 0 Å². The Hall–Kier alpha value is -0.0800. The van der Waals surface area contributed by atoms with Crippen molar-refractivity contribution in [3.05, 3.63) is 0 Å². The Morgan fingerprint density at radius 2 is 2.07 bits per heavy atom. The Morgan fingerprint density at radius 1 is 1.27 bits per heavy atom. The van der Waals surface area contributed by atoms with E-state index in [2.05, 4.69) is 17.6 Å². The monoisotopic (exact) mass is 208 g/mol. The fraction of sp³-hybridized carbons (Fsp3) is 1.00. The maximum Gasteiger partial charge on any atom is 0.0153 e. The van der Waals surface area contributed by atoms with Crippen LogP contribution in [0.5, 0.6) is 0 Å². The Bertz CT molecular complexity index is 233. The molecular formula is C13H24N2. The van der Waals surface area contributed by atoms with Crippen molar-refractivity contribution in [1.82, 2.24) is 10.6 Å². The van der Waals surface area contributed by atoms with Gasteiger partial charge < -0.3 is 10.6 Å². The zero-order chi connectivity index (χ0) is 10.3. The largest absolute Gasteiger partial charge is 0.311 e. The number of rotatable bonds is 3. The van der Waals surface area contributed by atoms with Gasteiger partial charge >= 0.3 is 0 Å². The van der Waals surface area contributed by atoms with Gasteiger partial charge in [0.25, 0.3) is 0 Å². The van der Waals surface area contributed by atoms with Crippen molar-refractivity contribution in [2.24, 2.45) is 5.92 Å². The Kier molecular flexibility index (Phi) is 2.52. The highest BCUT2D eigenvalue weighted by atomic mass is 15.1. The first kappa shape index (κ1) is 10.1. The van der Waals surface area contributed by atoms with Gasteiger partial charge in [-0.05, 0) is 44.9 Å². The number of hydrogen-bond acceptors (Lipinski definition) is 2.